The Bertz CT molecular complexity index is 595. The lowest BCUT2D eigenvalue weighted by Crippen LogP contribution is -2.47. The molecule has 0 spiro atoms. The number of nitrogens with one attached hydrogen (secondary N) is 1. The first-order chi connectivity index (χ1) is 10.9. The van der Waals surface area contributed by atoms with Crippen molar-refractivity contribution < 1.29 is 9.90 Å². The third kappa shape index (κ3) is 2.91. The molecule has 5 unspecified atom stereocenters. The molecule has 1 heterocycles. The van der Waals surface area contributed by atoms with Gasteiger partial charge in [-0.1, -0.05) is 6.92 Å². The molecule has 0 saturated heterocycles. The zero-order valence-corrected chi connectivity index (χ0v) is 14.7. The van der Waals surface area contributed by atoms with Crippen molar-refractivity contribution >= 4 is 5.91 Å². The lowest BCUT2D eigenvalue weighted by atomic mass is 9.84. The van der Waals surface area contributed by atoms with Crippen LogP contribution in [0.3, 0.4) is 0 Å². The summed E-state index contributed by atoms with van der Waals surface area (Å²) in [7, 11) is 1.94. The van der Waals surface area contributed by atoms with E-state index in [4.69, 9.17) is 0 Å². The van der Waals surface area contributed by atoms with Gasteiger partial charge < -0.3 is 10.4 Å². The Morgan fingerprint density at radius 1 is 1.39 bits per heavy atom. The van der Waals surface area contributed by atoms with Gasteiger partial charge in [-0.3, -0.25) is 9.48 Å². The van der Waals surface area contributed by atoms with Crippen molar-refractivity contribution in [2.24, 2.45) is 30.7 Å². The third-order valence-electron chi connectivity index (χ3n) is 6.22. The maximum absolute atomic E-state index is 12.7. The monoisotopic (exact) mass is 319 g/mol. The smallest absolute Gasteiger partial charge is 0.223 e. The molecule has 2 aliphatic rings. The molecule has 0 radical (unpaired) electrons. The maximum Gasteiger partial charge on any atom is 0.223 e. The summed E-state index contributed by atoms with van der Waals surface area (Å²) in [5.74, 6) is 1.47. The number of amides is 1. The number of rotatable bonds is 5. The first kappa shape index (κ1) is 16.5. The van der Waals surface area contributed by atoms with Crippen molar-refractivity contribution in [2.75, 3.05) is 6.61 Å². The topological polar surface area (TPSA) is 67.2 Å². The number of hydrogen-bond donors (Lipinski definition) is 2. The largest absolute Gasteiger partial charge is 0.396 e. The van der Waals surface area contributed by atoms with Crippen molar-refractivity contribution in [3.05, 3.63) is 17.0 Å². The van der Waals surface area contributed by atoms with Gasteiger partial charge in [-0.15, -0.1) is 0 Å². The van der Waals surface area contributed by atoms with Gasteiger partial charge in [0.2, 0.25) is 5.91 Å². The van der Waals surface area contributed by atoms with Crippen LogP contribution in [0.15, 0.2) is 0 Å². The van der Waals surface area contributed by atoms with Gasteiger partial charge in [0.1, 0.15) is 0 Å². The van der Waals surface area contributed by atoms with Crippen LogP contribution in [0.1, 0.15) is 43.1 Å². The Morgan fingerprint density at radius 2 is 2.09 bits per heavy atom. The lowest BCUT2D eigenvalue weighted by Gasteiger charge is -2.31. The second-order valence-electron chi connectivity index (χ2n) is 7.59. The van der Waals surface area contributed by atoms with Crippen LogP contribution in [-0.2, 0) is 18.3 Å². The molecular formula is C18H29N3O2. The first-order valence-corrected chi connectivity index (χ1v) is 8.82. The first-order valence-electron chi connectivity index (χ1n) is 8.82. The van der Waals surface area contributed by atoms with Gasteiger partial charge in [0.15, 0.2) is 0 Å². The number of hydrogen-bond acceptors (Lipinski definition) is 3. The Hall–Kier alpha value is -1.36. The highest BCUT2D eigenvalue weighted by Gasteiger charge is 2.47. The van der Waals surface area contributed by atoms with E-state index in [9.17, 15) is 9.90 Å². The highest BCUT2D eigenvalue weighted by molar-refractivity contribution is 5.79. The third-order valence-corrected chi connectivity index (χ3v) is 6.22. The molecule has 2 bridgehead atoms. The molecule has 1 aromatic heterocycles. The summed E-state index contributed by atoms with van der Waals surface area (Å²) >= 11 is 0. The highest BCUT2D eigenvalue weighted by Crippen LogP contribution is 2.48. The van der Waals surface area contributed by atoms with Crippen LogP contribution in [0, 0.1) is 37.5 Å². The number of aromatic nitrogens is 2. The molecule has 1 aromatic rings. The van der Waals surface area contributed by atoms with Gasteiger partial charge in [-0.25, -0.2) is 0 Å². The van der Waals surface area contributed by atoms with Crippen LogP contribution in [0.5, 0.6) is 0 Å². The predicted octanol–water partition coefficient (Wildman–Crippen LogP) is 1.74. The lowest BCUT2D eigenvalue weighted by molar-refractivity contribution is -0.126. The van der Waals surface area contributed by atoms with Crippen LogP contribution in [0.25, 0.3) is 0 Å². The summed E-state index contributed by atoms with van der Waals surface area (Å²) < 4.78 is 1.88. The number of nitrogens with zero attached hydrogens (tertiary/aromatic N) is 2. The molecule has 2 N–H and O–H groups in total. The molecule has 1 amide bonds. The molecule has 23 heavy (non-hydrogen) atoms. The molecule has 3 rings (SSSR count). The number of carbonyl (C=O) groups excluding carboxylic acids is 1. The average Bonchev–Trinajstić information content (AvgIpc) is 3.17. The Morgan fingerprint density at radius 3 is 2.70 bits per heavy atom. The Balaban J connectivity index is 1.64. The molecular weight excluding hydrogens is 290 g/mol. The molecule has 128 valence electrons. The van der Waals surface area contributed by atoms with Crippen LogP contribution in [-0.4, -0.2) is 33.4 Å². The van der Waals surface area contributed by atoms with Crippen molar-refractivity contribution in [1.82, 2.24) is 15.1 Å². The predicted molar refractivity (Wildman–Crippen MR) is 88.9 cm³/mol. The number of fused-ring (bicyclic) bond motifs is 2. The van der Waals surface area contributed by atoms with Gasteiger partial charge in [-0.2, -0.15) is 5.10 Å². The molecule has 2 saturated carbocycles. The summed E-state index contributed by atoms with van der Waals surface area (Å²) in [6, 6.07) is 0.171. The van der Waals surface area contributed by atoms with E-state index in [1.54, 1.807) is 0 Å². The molecule has 5 nitrogen and oxygen atoms in total. The summed E-state index contributed by atoms with van der Waals surface area (Å²) in [5, 5.41) is 17.3. The van der Waals surface area contributed by atoms with Gasteiger partial charge >= 0.3 is 0 Å². The van der Waals surface area contributed by atoms with E-state index in [1.165, 1.54) is 24.8 Å². The van der Waals surface area contributed by atoms with Crippen molar-refractivity contribution in [2.45, 2.75) is 52.5 Å². The Kier molecular flexibility index (Phi) is 4.50. The van der Waals surface area contributed by atoms with E-state index in [2.05, 4.69) is 17.3 Å². The molecule has 0 aromatic carbocycles. The van der Waals surface area contributed by atoms with Gasteiger partial charge in [-0.05, 0) is 56.9 Å². The molecule has 5 heteroatoms. The summed E-state index contributed by atoms with van der Waals surface area (Å²) in [6.45, 7) is 6.24. The fourth-order valence-corrected chi connectivity index (χ4v) is 4.72. The second kappa shape index (κ2) is 6.27. The van der Waals surface area contributed by atoms with Crippen molar-refractivity contribution in [3.8, 4) is 0 Å². The Labute approximate surface area is 138 Å². The van der Waals surface area contributed by atoms with Crippen LogP contribution in [0.2, 0.25) is 0 Å². The van der Waals surface area contributed by atoms with Gasteiger partial charge in [0, 0.05) is 37.2 Å². The average molecular weight is 319 g/mol. The van der Waals surface area contributed by atoms with E-state index in [0.717, 1.165) is 17.8 Å². The molecule has 5 atom stereocenters. The van der Waals surface area contributed by atoms with E-state index in [1.807, 2.05) is 25.6 Å². The summed E-state index contributed by atoms with van der Waals surface area (Å²) in [4.78, 5) is 12.7. The van der Waals surface area contributed by atoms with Gasteiger partial charge in [0.25, 0.3) is 0 Å². The second-order valence-corrected chi connectivity index (χ2v) is 7.59. The van der Waals surface area contributed by atoms with Crippen molar-refractivity contribution in [3.63, 3.8) is 0 Å². The minimum absolute atomic E-state index is 0.0740. The van der Waals surface area contributed by atoms with E-state index in [-0.39, 0.29) is 30.4 Å². The van der Waals surface area contributed by atoms with E-state index in [0.29, 0.717) is 11.8 Å². The molecule has 0 aliphatic heterocycles. The standard InChI is InChI=1S/C18H29N3O2/c1-10(7-15-11(2)20-21(4)12(15)3)18(23)19-17-14-6-5-13(8-14)16(17)9-22/h10,13-14,16-17,22H,5-9H2,1-4H3,(H,19,23). The zero-order chi connectivity index (χ0) is 16.7. The van der Waals surface area contributed by atoms with Crippen molar-refractivity contribution in [1.29, 1.82) is 0 Å². The number of aryl methyl sites for hydroxylation is 2. The quantitative estimate of drug-likeness (QED) is 0.869. The van der Waals surface area contributed by atoms with E-state index < -0.39 is 0 Å². The zero-order valence-electron chi connectivity index (χ0n) is 14.7. The van der Waals surface area contributed by atoms with Crippen LogP contribution >= 0.6 is 0 Å². The minimum atomic E-state index is -0.0740. The maximum atomic E-state index is 12.7. The summed E-state index contributed by atoms with van der Waals surface area (Å²) in [6.07, 6.45) is 4.31. The summed E-state index contributed by atoms with van der Waals surface area (Å²) in [5.41, 5.74) is 3.33. The van der Waals surface area contributed by atoms with E-state index >= 15 is 0 Å². The van der Waals surface area contributed by atoms with Crippen LogP contribution in [0.4, 0.5) is 0 Å². The molecule has 2 aliphatic carbocycles. The normalized spacial score (nSPS) is 30.7. The highest BCUT2D eigenvalue weighted by atomic mass is 16.3. The van der Waals surface area contributed by atoms with Crippen LogP contribution < -0.4 is 5.32 Å². The minimum Gasteiger partial charge on any atom is -0.396 e. The fourth-order valence-electron chi connectivity index (χ4n) is 4.72. The molecule has 2 fully saturated rings. The number of carbonyl (C=O) groups is 1. The fraction of sp³-hybridized carbons (Fsp3) is 0.778. The number of aliphatic hydroxyl groups is 1. The van der Waals surface area contributed by atoms with Gasteiger partial charge in [0.05, 0.1) is 5.69 Å². The number of aliphatic hydroxyl groups excluding tert-OH is 1. The SMILES string of the molecule is Cc1nn(C)c(C)c1CC(C)C(=O)NC1C2CCC(C2)C1CO.